The Labute approximate surface area is 105 Å². The Morgan fingerprint density at radius 2 is 1.71 bits per heavy atom. The third kappa shape index (κ3) is 3.49. The molecule has 0 N–H and O–H groups in total. The zero-order valence-electron chi connectivity index (χ0n) is 10.6. The van der Waals surface area contributed by atoms with Crippen molar-refractivity contribution in [3.63, 3.8) is 0 Å². The average molecular weight is 221 g/mol. The first-order chi connectivity index (χ1) is 8.25. The highest BCUT2D eigenvalue weighted by molar-refractivity contribution is 6.52. The zero-order chi connectivity index (χ0) is 12.1. The van der Waals surface area contributed by atoms with Crippen molar-refractivity contribution in [1.82, 2.24) is 0 Å². The number of rotatable bonds is 4. The lowest BCUT2D eigenvalue weighted by Crippen LogP contribution is -2.17. The van der Waals surface area contributed by atoms with Crippen molar-refractivity contribution < 1.29 is 0 Å². The molecule has 0 atom stereocenters. The Morgan fingerprint density at radius 3 is 2.41 bits per heavy atom. The highest BCUT2D eigenvalue weighted by Gasteiger charge is 2.01. The highest BCUT2D eigenvalue weighted by atomic mass is 14.0. The van der Waals surface area contributed by atoms with Crippen molar-refractivity contribution >= 4 is 12.7 Å². The molecule has 0 unspecified atom stereocenters. The second kappa shape index (κ2) is 5.72. The van der Waals surface area contributed by atoms with Gasteiger partial charge in [0.05, 0.1) is 0 Å². The third-order valence-corrected chi connectivity index (χ3v) is 2.99. The molecule has 0 heterocycles. The quantitative estimate of drug-likeness (QED) is 0.694. The van der Waals surface area contributed by atoms with E-state index in [1.54, 1.807) is 0 Å². The predicted octanol–water partition coefficient (Wildman–Crippen LogP) is 3.34. The molecule has 0 fully saturated rings. The molecule has 0 saturated heterocycles. The van der Waals surface area contributed by atoms with Gasteiger partial charge in [0.1, 0.15) is 0 Å². The van der Waals surface area contributed by atoms with Crippen molar-refractivity contribution in [2.24, 2.45) is 0 Å². The first-order valence-electron chi connectivity index (χ1n) is 6.23. The molecule has 0 aliphatic rings. The molecule has 0 aliphatic carbocycles. The summed E-state index contributed by atoms with van der Waals surface area (Å²) in [6, 6.07) is 19.4. The molecule has 0 spiro atoms. The standard InChI is InChI=1S/C16H18B/c1-13(2)15-9-6-10-16(11-15)17-12-14-7-4-3-5-8-14/h3-11,13H,12H2,1-2H3. The summed E-state index contributed by atoms with van der Waals surface area (Å²) in [6.45, 7) is 4.46. The Balaban J connectivity index is 2.02. The molecular weight excluding hydrogens is 203 g/mol. The van der Waals surface area contributed by atoms with Gasteiger partial charge in [-0.2, -0.15) is 0 Å². The minimum atomic E-state index is 0.597. The molecule has 1 heteroatoms. The molecule has 0 aliphatic heterocycles. The molecule has 2 rings (SSSR count). The fourth-order valence-electron chi connectivity index (χ4n) is 1.89. The van der Waals surface area contributed by atoms with Crippen LogP contribution in [0.15, 0.2) is 54.6 Å². The molecule has 0 amide bonds. The molecule has 2 aromatic rings. The molecule has 0 bridgehead atoms. The third-order valence-electron chi connectivity index (χ3n) is 2.99. The van der Waals surface area contributed by atoms with Gasteiger partial charge in [0, 0.05) is 0 Å². The van der Waals surface area contributed by atoms with E-state index in [-0.39, 0.29) is 0 Å². The van der Waals surface area contributed by atoms with E-state index in [1.165, 1.54) is 16.6 Å². The molecule has 17 heavy (non-hydrogen) atoms. The summed E-state index contributed by atoms with van der Waals surface area (Å²) in [5.74, 6) is 0.597. The van der Waals surface area contributed by atoms with Gasteiger partial charge in [0.15, 0.2) is 7.28 Å². The van der Waals surface area contributed by atoms with Gasteiger partial charge in [0.25, 0.3) is 0 Å². The van der Waals surface area contributed by atoms with Gasteiger partial charge in [-0.15, -0.1) is 0 Å². The van der Waals surface area contributed by atoms with E-state index in [0.29, 0.717) is 5.92 Å². The molecule has 1 radical (unpaired) electrons. The van der Waals surface area contributed by atoms with E-state index in [2.05, 4.69) is 75.7 Å². The fourth-order valence-corrected chi connectivity index (χ4v) is 1.89. The first-order valence-corrected chi connectivity index (χ1v) is 6.23. The number of hydrogen-bond acceptors (Lipinski definition) is 0. The summed E-state index contributed by atoms with van der Waals surface area (Å²) >= 11 is 0. The minimum absolute atomic E-state index is 0.597. The maximum Gasteiger partial charge on any atom is 0.156 e. The molecular formula is C16H18B. The van der Waals surface area contributed by atoms with Gasteiger partial charge in [-0.1, -0.05) is 79.5 Å². The second-order valence-electron chi connectivity index (χ2n) is 4.72. The number of benzene rings is 2. The number of hydrogen-bond donors (Lipinski definition) is 0. The van der Waals surface area contributed by atoms with E-state index in [0.717, 1.165) is 6.32 Å². The largest absolute Gasteiger partial charge is 0.156 e. The Bertz CT molecular complexity index is 460. The summed E-state index contributed by atoms with van der Waals surface area (Å²) < 4.78 is 0. The minimum Gasteiger partial charge on any atom is -0.0872 e. The zero-order valence-corrected chi connectivity index (χ0v) is 10.6. The van der Waals surface area contributed by atoms with Gasteiger partial charge in [0.2, 0.25) is 0 Å². The maximum absolute atomic E-state index is 2.29. The monoisotopic (exact) mass is 221 g/mol. The SMILES string of the molecule is CC(C)c1cccc([B]Cc2ccccc2)c1. The van der Waals surface area contributed by atoms with Gasteiger partial charge in [-0.25, -0.2) is 0 Å². The van der Waals surface area contributed by atoms with Gasteiger partial charge >= 0.3 is 0 Å². The lowest BCUT2D eigenvalue weighted by atomic mass is 9.65. The topological polar surface area (TPSA) is 0 Å². The summed E-state index contributed by atoms with van der Waals surface area (Å²) in [5, 5.41) is 0. The summed E-state index contributed by atoms with van der Waals surface area (Å²) in [6.07, 6.45) is 1.00. The second-order valence-corrected chi connectivity index (χ2v) is 4.72. The van der Waals surface area contributed by atoms with Gasteiger partial charge < -0.3 is 0 Å². The van der Waals surface area contributed by atoms with Crippen LogP contribution in [-0.2, 0) is 6.32 Å². The molecule has 2 aromatic carbocycles. The summed E-state index contributed by atoms with van der Waals surface area (Å²) in [4.78, 5) is 0. The van der Waals surface area contributed by atoms with Crippen LogP contribution < -0.4 is 5.46 Å². The van der Waals surface area contributed by atoms with Crippen LogP contribution in [0.4, 0.5) is 0 Å². The normalized spacial score (nSPS) is 10.5. The van der Waals surface area contributed by atoms with Crippen LogP contribution in [0.3, 0.4) is 0 Å². The van der Waals surface area contributed by atoms with Crippen molar-refractivity contribution in [3.8, 4) is 0 Å². The van der Waals surface area contributed by atoms with Crippen LogP contribution >= 0.6 is 0 Å². The van der Waals surface area contributed by atoms with Crippen molar-refractivity contribution in [1.29, 1.82) is 0 Å². The van der Waals surface area contributed by atoms with Crippen molar-refractivity contribution in [2.75, 3.05) is 0 Å². The Morgan fingerprint density at radius 1 is 0.941 bits per heavy atom. The van der Waals surface area contributed by atoms with Gasteiger partial charge in [-0.3, -0.25) is 0 Å². The fraction of sp³-hybridized carbons (Fsp3) is 0.250. The van der Waals surface area contributed by atoms with Crippen LogP contribution in [0.25, 0.3) is 0 Å². The van der Waals surface area contributed by atoms with E-state index in [1.807, 2.05) is 0 Å². The van der Waals surface area contributed by atoms with E-state index >= 15 is 0 Å². The smallest absolute Gasteiger partial charge is 0.0872 e. The maximum atomic E-state index is 2.29. The average Bonchev–Trinajstić information content (AvgIpc) is 2.38. The first kappa shape index (κ1) is 12.0. The molecule has 85 valence electrons. The summed E-state index contributed by atoms with van der Waals surface area (Å²) in [5.41, 5.74) is 4.09. The van der Waals surface area contributed by atoms with Crippen molar-refractivity contribution in [2.45, 2.75) is 26.1 Å². The van der Waals surface area contributed by atoms with Crippen LogP contribution in [0.1, 0.15) is 30.9 Å². The molecule has 0 aromatic heterocycles. The van der Waals surface area contributed by atoms with E-state index in [9.17, 15) is 0 Å². The molecule has 0 saturated carbocycles. The van der Waals surface area contributed by atoms with E-state index in [4.69, 9.17) is 0 Å². The lowest BCUT2D eigenvalue weighted by Gasteiger charge is -2.07. The highest BCUT2D eigenvalue weighted by Crippen LogP contribution is 2.11. The predicted molar refractivity (Wildman–Crippen MR) is 76.1 cm³/mol. The molecule has 0 nitrogen and oxygen atoms in total. The van der Waals surface area contributed by atoms with Gasteiger partial charge in [-0.05, 0) is 17.8 Å². The van der Waals surface area contributed by atoms with Crippen LogP contribution in [0.2, 0.25) is 0 Å². The van der Waals surface area contributed by atoms with Crippen LogP contribution in [-0.4, -0.2) is 7.28 Å². The van der Waals surface area contributed by atoms with Crippen LogP contribution in [0, 0.1) is 0 Å². The van der Waals surface area contributed by atoms with Crippen LogP contribution in [0.5, 0.6) is 0 Å². The Kier molecular flexibility index (Phi) is 4.03. The van der Waals surface area contributed by atoms with Crippen molar-refractivity contribution in [3.05, 3.63) is 65.7 Å². The summed E-state index contributed by atoms with van der Waals surface area (Å²) in [7, 11) is 2.29. The lowest BCUT2D eigenvalue weighted by molar-refractivity contribution is 0.868. The Hall–Kier alpha value is -1.50. The van der Waals surface area contributed by atoms with E-state index < -0.39 is 0 Å².